The first-order valence-corrected chi connectivity index (χ1v) is 6.21. The van der Waals surface area contributed by atoms with E-state index in [1.807, 2.05) is 0 Å². The van der Waals surface area contributed by atoms with Gasteiger partial charge >= 0.3 is 5.97 Å². The quantitative estimate of drug-likeness (QED) is 0.766. The van der Waals surface area contributed by atoms with Gasteiger partial charge in [0.15, 0.2) is 15.8 Å². The van der Waals surface area contributed by atoms with Crippen LogP contribution in [0.25, 0.3) is 0 Å². The molecule has 0 bridgehead atoms. The molecule has 0 saturated carbocycles. The van der Waals surface area contributed by atoms with Crippen LogP contribution in [0, 0.1) is 0 Å². The fraction of sp³-hybridized carbons (Fsp3) is 0.600. The molecule has 94 valence electrons. The molecule has 0 radical (unpaired) electrons. The monoisotopic (exact) mass is 256 g/mol. The molecule has 1 aliphatic heterocycles. The van der Waals surface area contributed by atoms with Crippen molar-refractivity contribution in [2.75, 3.05) is 51.0 Å². The molecule has 6 nitrogen and oxygen atoms in total. The Hall–Kier alpha value is -1.34. The number of nitrogens with zero attached hydrogens (tertiary/aromatic N) is 3. The molecule has 1 aliphatic rings. The van der Waals surface area contributed by atoms with Gasteiger partial charge in [-0.2, -0.15) is 0 Å². The summed E-state index contributed by atoms with van der Waals surface area (Å²) >= 11 is 1.30. The minimum absolute atomic E-state index is 0.260. The van der Waals surface area contributed by atoms with Crippen molar-refractivity contribution in [2.45, 2.75) is 0 Å². The van der Waals surface area contributed by atoms with Gasteiger partial charge in [-0.1, -0.05) is 11.3 Å². The molecule has 1 aromatic heterocycles. The summed E-state index contributed by atoms with van der Waals surface area (Å²) in [6, 6.07) is 0. The SMILES string of the molecule is COC(=O)c1sc(N2CCN(C)CC2)nc1N. The number of likely N-dealkylation sites (N-methyl/N-ethyl adjacent to an activating group) is 1. The molecule has 0 amide bonds. The number of aromatic nitrogens is 1. The molecule has 0 unspecified atom stereocenters. The van der Waals surface area contributed by atoms with Gasteiger partial charge in [0, 0.05) is 26.2 Å². The second-order valence-electron chi connectivity index (χ2n) is 3.99. The number of anilines is 2. The van der Waals surface area contributed by atoms with Gasteiger partial charge in [0.05, 0.1) is 7.11 Å². The van der Waals surface area contributed by atoms with Crippen LogP contribution in [0.2, 0.25) is 0 Å². The van der Waals surface area contributed by atoms with E-state index in [0.717, 1.165) is 31.3 Å². The Kier molecular flexibility index (Phi) is 3.49. The average Bonchev–Trinajstić information content (AvgIpc) is 2.71. The van der Waals surface area contributed by atoms with E-state index in [2.05, 4.69) is 26.6 Å². The predicted octanol–water partition coefficient (Wildman–Crippen LogP) is 0.264. The highest BCUT2D eigenvalue weighted by atomic mass is 32.1. The van der Waals surface area contributed by atoms with E-state index in [1.165, 1.54) is 18.4 Å². The molecule has 2 heterocycles. The molecule has 1 saturated heterocycles. The van der Waals surface area contributed by atoms with E-state index in [0.29, 0.717) is 4.88 Å². The Morgan fingerprint density at radius 1 is 1.41 bits per heavy atom. The Bertz CT molecular complexity index is 412. The van der Waals surface area contributed by atoms with Crippen molar-refractivity contribution in [1.29, 1.82) is 0 Å². The molecular formula is C10H16N4O2S. The third kappa shape index (κ3) is 2.50. The summed E-state index contributed by atoms with van der Waals surface area (Å²) in [4.78, 5) is 20.5. The average molecular weight is 256 g/mol. The number of hydrogen-bond acceptors (Lipinski definition) is 7. The summed E-state index contributed by atoms with van der Waals surface area (Å²) in [5, 5.41) is 0.802. The highest BCUT2D eigenvalue weighted by Crippen LogP contribution is 2.29. The number of methoxy groups -OCH3 is 1. The van der Waals surface area contributed by atoms with Crippen LogP contribution in [0.1, 0.15) is 9.67 Å². The maximum Gasteiger partial charge on any atom is 0.351 e. The fourth-order valence-corrected chi connectivity index (χ4v) is 2.65. The molecule has 0 atom stereocenters. The number of nitrogens with two attached hydrogens (primary N) is 1. The summed E-state index contributed by atoms with van der Waals surface area (Å²) in [6.07, 6.45) is 0. The van der Waals surface area contributed by atoms with Crippen molar-refractivity contribution in [2.24, 2.45) is 0 Å². The molecule has 1 aromatic rings. The number of thiazole rings is 1. The minimum Gasteiger partial charge on any atom is -0.465 e. The van der Waals surface area contributed by atoms with E-state index in [9.17, 15) is 4.79 Å². The zero-order valence-corrected chi connectivity index (χ0v) is 10.8. The summed E-state index contributed by atoms with van der Waals surface area (Å²) < 4.78 is 4.66. The number of hydrogen-bond donors (Lipinski definition) is 1. The lowest BCUT2D eigenvalue weighted by atomic mass is 10.3. The molecule has 0 aromatic carbocycles. The van der Waals surface area contributed by atoms with Gasteiger partial charge in [-0.05, 0) is 7.05 Å². The number of carbonyl (C=O) groups is 1. The van der Waals surface area contributed by atoms with Crippen LogP contribution < -0.4 is 10.6 Å². The van der Waals surface area contributed by atoms with E-state index in [4.69, 9.17) is 5.73 Å². The number of ether oxygens (including phenoxy) is 1. The Balaban J connectivity index is 2.14. The standard InChI is InChI=1S/C10H16N4O2S/c1-13-3-5-14(6-4-13)10-12-8(11)7(17-10)9(15)16-2/h3-6,11H2,1-2H3. The predicted molar refractivity (Wildman–Crippen MR) is 67.6 cm³/mol. The molecule has 2 N–H and O–H groups in total. The molecule has 0 spiro atoms. The van der Waals surface area contributed by atoms with Gasteiger partial charge in [0.1, 0.15) is 0 Å². The number of carbonyl (C=O) groups excluding carboxylic acids is 1. The first kappa shape index (κ1) is 12.1. The highest BCUT2D eigenvalue weighted by molar-refractivity contribution is 7.18. The first-order chi connectivity index (χ1) is 8.11. The van der Waals surface area contributed by atoms with Gasteiger partial charge in [-0.3, -0.25) is 0 Å². The maximum absolute atomic E-state index is 11.4. The zero-order valence-electron chi connectivity index (χ0n) is 9.97. The summed E-state index contributed by atoms with van der Waals surface area (Å²) in [5.41, 5.74) is 5.71. The topological polar surface area (TPSA) is 71.7 Å². The third-order valence-corrected chi connectivity index (χ3v) is 3.90. The second-order valence-corrected chi connectivity index (χ2v) is 4.97. The van der Waals surface area contributed by atoms with Crippen LogP contribution in [0.4, 0.5) is 10.9 Å². The largest absolute Gasteiger partial charge is 0.465 e. The van der Waals surface area contributed by atoms with Crippen LogP contribution in [0.15, 0.2) is 0 Å². The van der Waals surface area contributed by atoms with E-state index in [1.54, 1.807) is 0 Å². The number of nitrogen functional groups attached to an aromatic ring is 1. The molecule has 2 rings (SSSR count). The van der Waals surface area contributed by atoms with Crippen molar-refractivity contribution in [3.8, 4) is 0 Å². The summed E-state index contributed by atoms with van der Waals surface area (Å²) in [6.45, 7) is 3.80. The van der Waals surface area contributed by atoms with Gasteiger partial charge in [0.25, 0.3) is 0 Å². The smallest absolute Gasteiger partial charge is 0.351 e. The summed E-state index contributed by atoms with van der Waals surface area (Å²) in [7, 11) is 3.43. The van der Waals surface area contributed by atoms with Crippen LogP contribution in [0.5, 0.6) is 0 Å². The van der Waals surface area contributed by atoms with Crippen LogP contribution >= 0.6 is 11.3 Å². The fourth-order valence-electron chi connectivity index (χ4n) is 1.69. The number of rotatable bonds is 2. The van der Waals surface area contributed by atoms with Gasteiger partial charge in [-0.15, -0.1) is 0 Å². The first-order valence-electron chi connectivity index (χ1n) is 5.40. The van der Waals surface area contributed by atoms with Crippen molar-refractivity contribution >= 4 is 28.3 Å². The second kappa shape index (κ2) is 4.89. The van der Waals surface area contributed by atoms with E-state index in [-0.39, 0.29) is 5.82 Å². The Morgan fingerprint density at radius 2 is 2.06 bits per heavy atom. The van der Waals surface area contributed by atoms with Gasteiger partial charge in [0.2, 0.25) is 0 Å². The van der Waals surface area contributed by atoms with E-state index >= 15 is 0 Å². The molecule has 0 aliphatic carbocycles. The Morgan fingerprint density at radius 3 is 2.65 bits per heavy atom. The van der Waals surface area contributed by atoms with Crippen LogP contribution in [-0.2, 0) is 4.74 Å². The zero-order chi connectivity index (χ0) is 12.4. The lowest BCUT2D eigenvalue weighted by Crippen LogP contribution is -2.44. The number of piperazine rings is 1. The van der Waals surface area contributed by atoms with Gasteiger partial charge < -0.3 is 20.3 Å². The third-order valence-electron chi connectivity index (χ3n) is 2.79. The summed E-state index contributed by atoms with van der Waals surface area (Å²) in [5.74, 6) is -0.156. The molecule has 17 heavy (non-hydrogen) atoms. The number of esters is 1. The van der Waals surface area contributed by atoms with Crippen molar-refractivity contribution < 1.29 is 9.53 Å². The highest BCUT2D eigenvalue weighted by Gasteiger charge is 2.22. The molecule has 1 fully saturated rings. The molecule has 7 heteroatoms. The van der Waals surface area contributed by atoms with Gasteiger partial charge in [-0.25, -0.2) is 9.78 Å². The van der Waals surface area contributed by atoms with Crippen molar-refractivity contribution in [3.63, 3.8) is 0 Å². The maximum atomic E-state index is 11.4. The minimum atomic E-state index is -0.416. The normalized spacial score (nSPS) is 17.2. The van der Waals surface area contributed by atoms with E-state index < -0.39 is 5.97 Å². The van der Waals surface area contributed by atoms with Crippen LogP contribution in [-0.4, -0.2) is 56.2 Å². The van der Waals surface area contributed by atoms with Crippen molar-refractivity contribution in [1.82, 2.24) is 9.88 Å². The van der Waals surface area contributed by atoms with Crippen LogP contribution in [0.3, 0.4) is 0 Å². The molecular weight excluding hydrogens is 240 g/mol. The Labute approximate surface area is 104 Å². The lowest BCUT2D eigenvalue weighted by molar-refractivity contribution is 0.0607. The van der Waals surface area contributed by atoms with Crippen molar-refractivity contribution in [3.05, 3.63) is 4.88 Å². The lowest BCUT2D eigenvalue weighted by Gasteiger charge is -2.31.